The van der Waals surface area contributed by atoms with E-state index in [1.807, 2.05) is 23.1 Å². The van der Waals surface area contributed by atoms with E-state index in [0.717, 1.165) is 0 Å². The Bertz CT molecular complexity index is 322. The van der Waals surface area contributed by atoms with E-state index in [1.165, 1.54) is 27.9 Å². The first-order valence-corrected chi connectivity index (χ1v) is 7.39. The summed E-state index contributed by atoms with van der Waals surface area (Å²) in [5.74, 6) is 3.06. The molecule has 1 aliphatic rings. The normalized spacial score (nSPS) is 23.6. The van der Waals surface area contributed by atoms with Crippen molar-refractivity contribution in [1.82, 2.24) is 9.88 Å². The molecule has 2 nitrogen and oxygen atoms in total. The average molecular weight is 242 g/mol. The third-order valence-electron chi connectivity index (χ3n) is 2.79. The third kappa shape index (κ3) is 2.55. The van der Waals surface area contributed by atoms with E-state index >= 15 is 0 Å². The number of hydrogen-bond acceptors (Lipinski definition) is 4. The molecule has 0 N–H and O–H groups in total. The van der Waals surface area contributed by atoms with Crippen molar-refractivity contribution in [3.05, 3.63) is 16.1 Å². The molecule has 15 heavy (non-hydrogen) atoms. The molecule has 1 fully saturated rings. The Morgan fingerprint density at radius 2 is 2.33 bits per heavy atom. The maximum Gasteiger partial charge on any atom is 0.111 e. The fourth-order valence-corrected chi connectivity index (χ4v) is 4.08. The fraction of sp³-hybridized carbons (Fsp3) is 0.727. The molecule has 1 aromatic rings. The maximum absolute atomic E-state index is 4.58. The van der Waals surface area contributed by atoms with Gasteiger partial charge in [-0.15, -0.1) is 11.3 Å². The van der Waals surface area contributed by atoms with Crippen molar-refractivity contribution in [2.24, 2.45) is 0 Å². The lowest BCUT2D eigenvalue weighted by molar-refractivity contribution is 0.274. The summed E-state index contributed by atoms with van der Waals surface area (Å²) >= 11 is 3.93. The summed E-state index contributed by atoms with van der Waals surface area (Å²) in [5, 5.41) is 1.30. The molecular weight excluding hydrogens is 224 g/mol. The first kappa shape index (κ1) is 11.4. The fourth-order valence-electron chi connectivity index (χ4n) is 1.67. The predicted molar refractivity (Wildman–Crippen MR) is 68.9 cm³/mol. The second-order valence-corrected chi connectivity index (χ2v) is 6.57. The van der Waals surface area contributed by atoms with Crippen LogP contribution < -0.4 is 0 Å². The van der Waals surface area contributed by atoms with E-state index in [4.69, 9.17) is 0 Å². The van der Waals surface area contributed by atoms with Gasteiger partial charge in [0.2, 0.25) is 0 Å². The highest BCUT2D eigenvalue weighted by atomic mass is 32.2. The van der Waals surface area contributed by atoms with Gasteiger partial charge in [-0.05, 0) is 13.0 Å². The van der Waals surface area contributed by atoms with Crippen LogP contribution in [-0.4, -0.2) is 35.0 Å². The van der Waals surface area contributed by atoms with E-state index in [2.05, 4.69) is 37.0 Å². The minimum Gasteiger partial charge on any atom is -0.296 e. The molecule has 0 saturated carbocycles. The van der Waals surface area contributed by atoms with Crippen LogP contribution in [0.15, 0.2) is 6.20 Å². The molecule has 2 rings (SSSR count). The minimum absolute atomic E-state index is 0.543. The van der Waals surface area contributed by atoms with Gasteiger partial charge >= 0.3 is 0 Å². The van der Waals surface area contributed by atoms with Crippen LogP contribution in [0.25, 0.3) is 0 Å². The van der Waals surface area contributed by atoms with Gasteiger partial charge in [0.1, 0.15) is 5.01 Å². The smallest absolute Gasteiger partial charge is 0.111 e. The molecule has 0 radical (unpaired) electrons. The summed E-state index contributed by atoms with van der Waals surface area (Å²) in [6.45, 7) is 5.65. The van der Waals surface area contributed by atoms with Gasteiger partial charge in [-0.2, -0.15) is 11.8 Å². The van der Waals surface area contributed by atoms with Gasteiger partial charge in [-0.3, -0.25) is 4.90 Å². The summed E-state index contributed by atoms with van der Waals surface area (Å²) in [6.07, 6.45) is 2.05. The number of thioether (sulfide) groups is 1. The van der Waals surface area contributed by atoms with E-state index in [-0.39, 0.29) is 0 Å². The molecule has 0 aliphatic carbocycles. The topological polar surface area (TPSA) is 16.1 Å². The number of hydrogen-bond donors (Lipinski definition) is 0. The van der Waals surface area contributed by atoms with E-state index in [9.17, 15) is 0 Å². The Morgan fingerprint density at radius 1 is 1.53 bits per heavy atom. The second kappa shape index (κ2) is 4.85. The first-order valence-electron chi connectivity index (χ1n) is 5.42. The van der Waals surface area contributed by atoms with Gasteiger partial charge in [-0.1, -0.05) is 13.8 Å². The largest absolute Gasteiger partial charge is 0.296 e. The van der Waals surface area contributed by atoms with Gasteiger partial charge in [0.05, 0.1) is 6.04 Å². The van der Waals surface area contributed by atoms with Gasteiger partial charge in [0.25, 0.3) is 0 Å². The molecule has 1 unspecified atom stereocenters. The van der Waals surface area contributed by atoms with Crippen LogP contribution in [-0.2, 0) is 0 Å². The highest BCUT2D eigenvalue weighted by Gasteiger charge is 2.23. The minimum atomic E-state index is 0.543. The molecule has 1 atom stereocenters. The Labute approximate surface area is 100 Å². The first-order chi connectivity index (χ1) is 7.18. The average Bonchev–Trinajstić information content (AvgIpc) is 2.67. The Morgan fingerprint density at radius 3 is 2.93 bits per heavy atom. The lowest BCUT2D eigenvalue weighted by Crippen LogP contribution is -2.32. The summed E-state index contributed by atoms with van der Waals surface area (Å²) in [5.41, 5.74) is 0. The molecule has 0 spiro atoms. The highest BCUT2D eigenvalue weighted by Crippen LogP contribution is 2.32. The van der Waals surface area contributed by atoms with E-state index < -0.39 is 0 Å². The van der Waals surface area contributed by atoms with Crippen molar-refractivity contribution in [2.75, 3.05) is 25.1 Å². The lowest BCUT2D eigenvalue weighted by Gasteiger charge is -2.30. The molecule has 1 aromatic heterocycles. The van der Waals surface area contributed by atoms with Crippen LogP contribution >= 0.6 is 23.1 Å². The molecule has 0 bridgehead atoms. The molecule has 1 aliphatic heterocycles. The molecule has 0 amide bonds. The van der Waals surface area contributed by atoms with Crippen molar-refractivity contribution in [3.63, 3.8) is 0 Å². The van der Waals surface area contributed by atoms with Gasteiger partial charge in [-0.25, -0.2) is 4.98 Å². The van der Waals surface area contributed by atoms with Crippen molar-refractivity contribution < 1.29 is 0 Å². The third-order valence-corrected chi connectivity index (χ3v) is 5.21. The van der Waals surface area contributed by atoms with E-state index in [0.29, 0.717) is 12.0 Å². The molecular formula is C11H18N2S2. The van der Waals surface area contributed by atoms with Crippen LogP contribution in [0.1, 0.15) is 35.7 Å². The summed E-state index contributed by atoms with van der Waals surface area (Å²) in [4.78, 5) is 8.42. The van der Waals surface area contributed by atoms with Gasteiger partial charge in [0, 0.05) is 29.1 Å². The number of thiazole rings is 1. The zero-order valence-electron chi connectivity index (χ0n) is 9.56. The Kier molecular flexibility index (Phi) is 3.69. The predicted octanol–water partition coefficient (Wildman–Crippen LogP) is 2.99. The number of nitrogens with zero attached hydrogens (tertiary/aromatic N) is 2. The van der Waals surface area contributed by atoms with Gasteiger partial charge < -0.3 is 0 Å². The standard InChI is InChI=1S/C11H18N2S2/c1-8(2)10-6-12-11(15-10)9-7-14-5-4-13(9)3/h6,8-9H,4-5,7H2,1-3H3. The molecule has 0 aromatic carbocycles. The quantitative estimate of drug-likeness (QED) is 0.793. The van der Waals surface area contributed by atoms with Crippen molar-refractivity contribution in [3.8, 4) is 0 Å². The van der Waals surface area contributed by atoms with Crippen molar-refractivity contribution in [1.29, 1.82) is 0 Å². The Balaban J connectivity index is 2.13. The highest BCUT2D eigenvalue weighted by molar-refractivity contribution is 7.99. The number of aromatic nitrogens is 1. The summed E-state index contributed by atoms with van der Waals surface area (Å²) in [6, 6.07) is 0.543. The van der Waals surface area contributed by atoms with Crippen molar-refractivity contribution >= 4 is 23.1 Å². The zero-order chi connectivity index (χ0) is 10.8. The maximum atomic E-state index is 4.58. The van der Waals surface area contributed by atoms with E-state index in [1.54, 1.807) is 0 Å². The monoisotopic (exact) mass is 242 g/mol. The lowest BCUT2D eigenvalue weighted by atomic mass is 10.2. The second-order valence-electron chi connectivity index (χ2n) is 4.33. The van der Waals surface area contributed by atoms with Crippen LogP contribution in [0.3, 0.4) is 0 Å². The molecule has 4 heteroatoms. The van der Waals surface area contributed by atoms with Crippen molar-refractivity contribution in [2.45, 2.75) is 25.8 Å². The number of rotatable bonds is 2. The SMILES string of the molecule is CC(C)c1cnc(C2CSCCN2C)s1. The van der Waals surface area contributed by atoms with Crippen LogP contribution in [0.5, 0.6) is 0 Å². The summed E-state index contributed by atoms with van der Waals surface area (Å²) in [7, 11) is 2.21. The molecule has 1 saturated heterocycles. The Hall–Kier alpha value is -0.0600. The van der Waals surface area contributed by atoms with Gasteiger partial charge in [0.15, 0.2) is 0 Å². The summed E-state index contributed by atoms with van der Waals surface area (Å²) < 4.78 is 0. The van der Waals surface area contributed by atoms with Crippen LogP contribution in [0.4, 0.5) is 0 Å². The zero-order valence-corrected chi connectivity index (χ0v) is 11.2. The van der Waals surface area contributed by atoms with Crippen LogP contribution in [0.2, 0.25) is 0 Å². The molecule has 84 valence electrons. The molecule has 2 heterocycles. The van der Waals surface area contributed by atoms with Crippen LogP contribution in [0, 0.1) is 0 Å².